The monoisotopic (exact) mass is 344 g/mol. The minimum absolute atomic E-state index is 0.0461. The van der Waals surface area contributed by atoms with E-state index in [4.69, 9.17) is 9.47 Å². The van der Waals surface area contributed by atoms with Gasteiger partial charge in [-0.2, -0.15) is 0 Å². The van der Waals surface area contributed by atoms with Crippen molar-refractivity contribution in [3.8, 4) is 11.5 Å². The van der Waals surface area contributed by atoms with Crippen LogP contribution in [-0.4, -0.2) is 14.2 Å². The van der Waals surface area contributed by atoms with E-state index in [1.807, 2.05) is 12.1 Å². The van der Waals surface area contributed by atoms with Gasteiger partial charge in [0.25, 0.3) is 0 Å². The molecule has 0 spiro atoms. The van der Waals surface area contributed by atoms with Crippen LogP contribution >= 0.6 is 0 Å². The summed E-state index contributed by atoms with van der Waals surface area (Å²) in [5.74, 6) is 2.51. The summed E-state index contributed by atoms with van der Waals surface area (Å²) in [6, 6.07) is 27.8. The fraction of sp³-hybridized carbons (Fsp3) is 0.250. The van der Waals surface area contributed by atoms with Crippen LogP contribution in [0.25, 0.3) is 0 Å². The molecule has 0 aliphatic heterocycles. The van der Waals surface area contributed by atoms with Gasteiger partial charge in [0.2, 0.25) is 0 Å². The summed E-state index contributed by atoms with van der Waals surface area (Å²) in [5.41, 5.74) is 4.04. The Kier molecular flexibility index (Phi) is 4.20. The zero-order valence-corrected chi connectivity index (χ0v) is 15.5. The van der Waals surface area contributed by atoms with Crippen LogP contribution in [0, 0.1) is 0 Å². The lowest BCUT2D eigenvalue weighted by molar-refractivity contribution is 0.390. The summed E-state index contributed by atoms with van der Waals surface area (Å²) in [6.07, 6.45) is 0. The topological polar surface area (TPSA) is 18.5 Å². The summed E-state index contributed by atoms with van der Waals surface area (Å²) in [5, 5.41) is 0. The van der Waals surface area contributed by atoms with Crippen molar-refractivity contribution in [1.29, 1.82) is 0 Å². The average molecular weight is 344 g/mol. The van der Waals surface area contributed by atoms with Crippen molar-refractivity contribution in [2.45, 2.75) is 24.2 Å². The molecule has 1 aliphatic rings. The van der Waals surface area contributed by atoms with Gasteiger partial charge in [0.15, 0.2) is 0 Å². The third kappa shape index (κ3) is 2.57. The molecule has 0 N–H and O–H groups in total. The predicted molar refractivity (Wildman–Crippen MR) is 105 cm³/mol. The van der Waals surface area contributed by atoms with E-state index in [9.17, 15) is 0 Å². The van der Waals surface area contributed by atoms with Gasteiger partial charge in [0, 0.05) is 23.3 Å². The second-order valence-electron chi connectivity index (χ2n) is 7.12. The third-order valence-corrected chi connectivity index (χ3v) is 5.85. The Morgan fingerprint density at radius 2 is 1.38 bits per heavy atom. The average Bonchev–Trinajstić information content (AvgIpc) is 3.35. The van der Waals surface area contributed by atoms with Crippen molar-refractivity contribution in [3.05, 3.63) is 95.6 Å². The van der Waals surface area contributed by atoms with Crippen LogP contribution in [0.15, 0.2) is 78.9 Å². The lowest BCUT2D eigenvalue weighted by atomic mass is 9.91. The maximum atomic E-state index is 5.72. The number of rotatable bonds is 5. The molecule has 3 unspecified atom stereocenters. The predicted octanol–water partition coefficient (Wildman–Crippen LogP) is 5.54. The number of benzene rings is 3. The summed E-state index contributed by atoms with van der Waals surface area (Å²) in [6.45, 7) is 2.37. The molecule has 0 aromatic heterocycles. The standard InChI is InChI=1S/C24H24O2/c1-24(18-12-8-5-9-13-18)22(17-10-6-4-7-11-17)23(24)20-15-14-19(25-2)16-21(20)26-3/h4-16,22-23H,1-3H3. The summed E-state index contributed by atoms with van der Waals surface area (Å²) < 4.78 is 11.1. The molecule has 0 amide bonds. The van der Waals surface area contributed by atoms with Crippen LogP contribution in [0.4, 0.5) is 0 Å². The first kappa shape index (κ1) is 16.7. The largest absolute Gasteiger partial charge is 0.497 e. The van der Waals surface area contributed by atoms with Gasteiger partial charge in [-0.05, 0) is 22.8 Å². The van der Waals surface area contributed by atoms with Crippen LogP contribution in [0.5, 0.6) is 11.5 Å². The Morgan fingerprint density at radius 1 is 0.731 bits per heavy atom. The van der Waals surface area contributed by atoms with Crippen LogP contribution in [-0.2, 0) is 5.41 Å². The lowest BCUT2D eigenvalue weighted by Gasteiger charge is -2.15. The first-order valence-corrected chi connectivity index (χ1v) is 9.02. The Hall–Kier alpha value is -2.74. The van der Waals surface area contributed by atoms with Gasteiger partial charge in [-0.15, -0.1) is 0 Å². The smallest absolute Gasteiger partial charge is 0.126 e. The Bertz CT molecular complexity index is 889. The third-order valence-electron chi connectivity index (χ3n) is 5.85. The van der Waals surface area contributed by atoms with E-state index in [0.717, 1.165) is 11.5 Å². The molecule has 1 aliphatic carbocycles. The SMILES string of the molecule is COc1ccc(C2C(c3ccccc3)C2(C)c2ccccc2)c(OC)c1. The molecule has 3 aromatic rings. The summed E-state index contributed by atoms with van der Waals surface area (Å²) >= 11 is 0. The molecular weight excluding hydrogens is 320 g/mol. The second kappa shape index (κ2) is 6.53. The molecule has 0 heterocycles. The summed E-state index contributed by atoms with van der Waals surface area (Å²) in [7, 11) is 3.42. The van der Waals surface area contributed by atoms with Gasteiger partial charge in [-0.25, -0.2) is 0 Å². The van der Waals surface area contributed by atoms with Crippen LogP contribution in [0.1, 0.15) is 35.4 Å². The van der Waals surface area contributed by atoms with E-state index in [1.165, 1.54) is 16.7 Å². The van der Waals surface area contributed by atoms with Crippen molar-refractivity contribution in [2.24, 2.45) is 0 Å². The molecule has 0 saturated heterocycles. The van der Waals surface area contributed by atoms with Crippen molar-refractivity contribution in [1.82, 2.24) is 0 Å². The molecule has 0 radical (unpaired) electrons. The molecule has 2 heteroatoms. The van der Waals surface area contributed by atoms with Crippen LogP contribution < -0.4 is 9.47 Å². The molecule has 4 rings (SSSR count). The fourth-order valence-corrected chi connectivity index (χ4v) is 4.45. The molecule has 132 valence electrons. The van der Waals surface area contributed by atoms with E-state index >= 15 is 0 Å². The lowest BCUT2D eigenvalue weighted by Crippen LogP contribution is -2.06. The Labute approximate surface area is 155 Å². The molecular formula is C24H24O2. The van der Waals surface area contributed by atoms with E-state index < -0.39 is 0 Å². The first-order chi connectivity index (χ1) is 12.7. The molecule has 1 fully saturated rings. The summed E-state index contributed by atoms with van der Waals surface area (Å²) in [4.78, 5) is 0. The Morgan fingerprint density at radius 3 is 2.00 bits per heavy atom. The van der Waals surface area contributed by atoms with E-state index in [2.05, 4.69) is 73.7 Å². The van der Waals surface area contributed by atoms with Gasteiger partial charge in [-0.3, -0.25) is 0 Å². The zero-order chi connectivity index (χ0) is 18.1. The molecule has 2 nitrogen and oxygen atoms in total. The van der Waals surface area contributed by atoms with Gasteiger partial charge in [-0.1, -0.05) is 73.7 Å². The van der Waals surface area contributed by atoms with Crippen LogP contribution in [0.3, 0.4) is 0 Å². The van der Waals surface area contributed by atoms with Gasteiger partial charge in [0.05, 0.1) is 14.2 Å². The minimum Gasteiger partial charge on any atom is -0.497 e. The maximum Gasteiger partial charge on any atom is 0.126 e. The highest BCUT2D eigenvalue weighted by Crippen LogP contribution is 2.71. The van der Waals surface area contributed by atoms with Crippen molar-refractivity contribution in [3.63, 3.8) is 0 Å². The maximum absolute atomic E-state index is 5.72. The fourth-order valence-electron chi connectivity index (χ4n) is 4.45. The number of hydrogen-bond acceptors (Lipinski definition) is 2. The molecule has 26 heavy (non-hydrogen) atoms. The second-order valence-corrected chi connectivity index (χ2v) is 7.12. The quantitative estimate of drug-likeness (QED) is 0.605. The van der Waals surface area contributed by atoms with E-state index in [1.54, 1.807) is 14.2 Å². The van der Waals surface area contributed by atoms with Crippen molar-refractivity contribution >= 4 is 0 Å². The highest BCUT2D eigenvalue weighted by Gasteiger charge is 2.63. The zero-order valence-electron chi connectivity index (χ0n) is 15.5. The van der Waals surface area contributed by atoms with Gasteiger partial charge >= 0.3 is 0 Å². The van der Waals surface area contributed by atoms with Gasteiger partial charge < -0.3 is 9.47 Å². The minimum atomic E-state index is 0.0461. The van der Waals surface area contributed by atoms with Crippen molar-refractivity contribution in [2.75, 3.05) is 14.2 Å². The number of hydrogen-bond donors (Lipinski definition) is 0. The van der Waals surface area contributed by atoms with E-state index in [0.29, 0.717) is 11.8 Å². The molecule has 0 bridgehead atoms. The molecule has 3 aromatic carbocycles. The van der Waals surface area contributed by atoms with E-state index in [-0.39, 0.29) is 5.41 Å². The Balaban J connectivity index is 1.83. The van der Waals surface area contributed by atoms with Crippen molar-refractivity contribution < 1.29 is 9.47 Å². The first-order valence-electron chi connectivity index (χ1n) is 9.02. The highest BCUT2D eigenvalue weighted by molar-refractivity contribution is 5.57. The normalized spacial score (nSPS) is 24.1. The highest BCUT2D eigenvalue weighted by atomic mass is 16.5. The van der Waals surface area contributed by atoms with Crippen LogP contribution in [0.2, 0.25) is 0 Å². The number of methoxy groups -OCH3 is 2. The molecule has 1 saturated carbocycles. The number of ether oxygens (including phenoxy) is 2. The molecule has 3 atom stereocenters. The van der Waals surface area contributed by atoms with Gasteiger partial charge in [0.1, 0.15) is 11.5 Å².